The molecule has 2 rings (SSSR count). The van der Waals surface area contributed by atoms with E-state index in [4.69, 9.17) is 0 Å². The summed E-state index contributed by atoms with van der Waals surface area (Å²) >= 11 is 0. The van der Waals surface area contributed by atoms with Crippen LogP contribution in [-0.2, 0) is 6.42 Å². The van der Waals surface area contributed by atoms with Crippen LogP contribution >= 0.6 is 0 Å². The van der Waals surface area contributed by atoms with Crippen LogP contribution in [0.25, 0.3) is 5.65 Å². The van der Waals surface area contributed by atoms with Gasteiger partial charge in [-0.3, -0.25) is 9.20 Å². The lowest BCUT2D eigenvalue weighted by Gasteiger charge is -2.01. The Hall–Kier alpha value is -1.64. The highest BCUT2D eigenvalue weighted by atomic mass is 16.1. The molecule has 2 aromatic heterocycles. The molecule has 0 aromatic carbocycles. The molecule has 0 unspecified atom stereocenters. The van der Waals surface area contributed by atoms with Gasteiger partial charge in [0.05, 0.1) is 5.69 Å². The second-order valence-electron chi connectivity index (χ2n) is 4.59. The van der Waals surface area contributed by atoms with E-state index >= 15 is 0 Å². The number of imidazole rings is 1. The lowest BCUT2D eigenvalue weighted by atomic mass is 10.1. The molecular weight excluding hydrogens is 200 g/mol. The van der Waals surface area contributed by atoms with Crippen molar-refractivity contribution in [2.75, 3.05) is 0 Å². The molecule has 3 heteroatoms. The van der Waals surface area contributed by atoms with Crippen LogP contribution in [0.5, 0.6) is 0 Å². The summed E-state index contributed by atoms with van der Waals surface area (Å²) in [7, 11) is 0. The van der Waals surface area contributed by atoms with Gasteiger partial charge in [0.1, 0.15) is 11.3 Å². The molecule has 0 radical (unpaired) electrons. The van der Waals surface area contributed by atoms with Crippen molar-refractivity contribution in [2.24, 2.45) is 5.92 Å². The van der Waals surface area contributed by atoms with E-state index in [9.17, 15) is 4.79 Å². The third-order valence-corrected chi connectivity index (χ3v) is 2.59. The molecular formula is C13H16N2O. The van der Waals surface area contributed by atoms with Crippen LogP contribution in [0.2, 0.25) is 0 Å². The standard InChI is InChI=1S/C13H16N2O/c1-9(2)6-11-12(8-16)15-7-10(3)4-5-13(15)14-11/h4-5,7-9H,6H2,1-3H3. The number of hydrogen-bond acceptors (Lipinski definition) is 2. The molecule has 0 amide bonds. The van der Waals surface area contributed by atoms with E-state index in [0.29, 0.717) is 11.6 Å². The van der Waals surface area contributed by atoms with Crippen LogP contribution in [0.3, 0.4) is 0 Å². The van der Waals surface area contributed by atoms with Crippen molar-refractivity contribution in [3.8, 4) is 0 Å². The second kappa shape index (κ2) is 4.08. The Morgan fingerprint density at radius 2 is 2.19 bits per heavy atom. The minimum atomic E-state index is 0.504. The summed E-state index contributed by atoms with van der Waals surface area (Å²) in [5, 5.41) is 0. The van der Waals surface area contributed by atoms with E-state index in [-0.39, 0.29) is 0 Å². The third-order valence-electron chi connectivity index (χ3n) is 2.59. The summed E-state index contributed by atoms with van der Waals surface area (Å²) in [5.41, 5.74) is 3.57. The maximum Gasteiger partial charge on any atom is 0.168 e. The molecule has 0 aliphatic heterocycles. The number of pyridine rings is 1. The number of aromatic nitrogens is 2. The van der Waals surface area contributed by atoms with Crippen molar-refractivity contribution in [2.45, 2.75) is 27.2 Å². The maximum absolute atomic E-state index is 11.1. The molecule has 0 atom stereocenters. The topological polar surface area (TPSA) is 34.4 Å². The summed E-state index contributed by atoms with van der Waals surface area (Å²) in [6.45, 7) is 6.27. The summed E-state index contributed by atoms with van der Waals surface area (Å²) in [6, 6.07) is 3.96. The minimum absolute atomic E-state index is 0.504. The van der Waals surface area contributed by atoms with Gasteiger partial charge in [-0.05, 0) is 30.9 Å². The van der Waals surface area contributed by atoms with Crippen LogP contribution in [0, 0.1) is 12.8 Å². The van der Waals surface area contributed by atoms with Gasteiger partial charge in [0.2, 0.25) is 0 Å². The SMILES string of the molecule is Cc1ccc2nc(CC(C)C)c(C=O)n2c1. The fourth-order valence-corrected chi connectivity index (χ4v) is 1.88. The Balaban J connectivity index is 2.62. The molecule has 2 heterocycles. The smallest absolute Gasteiger partial charge is 0.168 e. The van der Waals surface area contributed by atoms with Crippen molar-refractivity contribution in [1.82, 2.24) is 9.38 Å². The first-order valence-corrected chi connectivity index (χ1v) is 5.54. The Bertz CT molecular complexity index is 526. The molecule has 0 bridgehead atoms. The zero-order valence-corrected chi connectivity index (χ0v) is 9.90. The largest absolute Gasteiger partial charge is 0.297 e. The second-order valence-corrected chi connectivity index (χ2v) is 4.59. The number of rotatable bonds is 3. The Morgan fingerprint density at radius 3 is 2.81 bits per heavy atom. The molecule has 0 fully saturated rings. The predicted octanol–water partition coefficient (Wildman–Crippen LogP) is 2.65. The number of fused-ring (bicyclic) bond motifs is 1. The summed E-state index contributed by atoms with van der Waals surface area (Å²) in [6.07, 6.45) is 3.70. The maximum atomic E-state index is 11.1. The highest BCUT2D eigenvalue weighted by molar-refractivity contribution is 5.76. The van der Waals surface area contributed by atoms with Gasteiger partial charge in [-0.1, -0.05) is 19.9 Å². The normalized spacial score (nSPS) is 11.2. The van der Waals surface area contributed by atoms with Gasteiger partial charge in [0.25, 0.3) is 0 Å². The molecule has 0 aliphatic carbocycles. The van der Waals surface area contributed by atoms with Crippen LogP contribution in [0.4, 0.5) is 0 Å². The van der Waals surface area contributed by atoms with Crippen molar-refractivity contribution in [1.29, 1.82) is 0 Å². The summed E-state index contributed by atoms with van der Waals surface area (Å²) < 4.78 is 1.88. The average Bonchev–Trinajstić information content (AvgIpc) is 2.53. The highest BCUT2D eigenvalue weighted by Crippen LogP contribution is 2.15. The Morgan fingerprint density at radius 1 is 1.44 bits per heavy atom. The molecule has 0 saturated heterocycles. The number of carbonyl (C=O) groups is 1. The number of aryl methyl sites for hydroxylation is 1. The average molecular weight is 216 g/mol. The van der Waals surface area contributed by atoms with Gasteiger partial charge in [-0.15, -0.1) is 0 Å². The summed E-state index contributed by atoms with van der Waals surface area (Å²) in [4.78, 5) is 15.6. The lowest BCUT2D eigenvalue weighted by Crippen LogP contribution is -1.99. The fourth-order valence-electron chi connectivity index (χ4n) is 1.88. The first-order valence-electron chi connectivity index (χ1n) is 5.54. The van der Waals surface area contributed by atoms with E-state index in [2.05, 4.69) is 18.8 Å². The molecule has 84 valence electrons. The first-order chi connectivity index (χ1) is 7.61. The van der Waals surface area contributed by atoms with Gasteiger partial charge >= 0.3 is 0 Å². The lowest BCUT2D eigenvalue weighted by molar-refractivity contribution is 0.111. The first kappa shape index (κ1) is 10.9. The number of aldehydes is 1. The molecule has 0 spiro atoms. The van der Waals surface area contributed by atoms with E-state index < -0.39 is 0 Å². The Kier molecular flexibility index (Phi) is 2.77. The van der Waals surface area contributed by atoms with Gasteiger partial charge in [0.15, 0.2) is 6.29 Å². The number of nitrogens with zero attached hydrogens (tertiary/aromatic N) is 2. The van der Waals surface area contributed by atoms with Crippen molar-refractivity contribution in [3.63, 3.8) is 0 Å². The van der Waals surface area contributed by atoms with Crippen LogP contribution in [0.15, 0.2) is 18.3 Å². The van der Waals surface area contributed by atoms with E-state index in [0.717, 1.165) is 29.6 Å². The van der Waals surface area contributed by atoms with Gasteiger partial charge in [-0.25, -0.2) is 4.98 Å². The molecule has 0 aliphatic rings. The molecule has 16 heavy (non-hydrogen) atoms. The molecule has 2 aromatic rings. The van der Waals surface area contributed by atoms with Gasteiger partial charge in [-0.2, -0.15) is 0 Å². The van der Waals surface area contributed by atoms with Gasteiger partial charge in [0, 0.05) is 6.20 Å². The van der Waals surface area contributed by atoms with Gasteiger partial charge < -0.3 is 0 Å². The van der Waals surface area contributed by atoms with Crippen molar-refractivity contribution < 1.29 is 4.79 Å². The van der Waals surface area contributed by atoms with Crippen LogP contribution < -0.4 is 0 Å². The predicted molar refractivity (Wildman–Crippen MR) is 63.9 cm³/mol. The van der Waals surface area contributed by atoms with Crippen molar-refractivity contribution >= 4 is 11.9 Å². The molecule has 0 saturated carbocycles. The minimum Gasteiger partial charge on any atom is -0.297 e. The fraction of sp³-hybridized carbons (Fsp3) is 0.385. The summed E-state index contributed by atoms with van der Waals surface area (Å²) in [5.74, 6) is 0.504. The van der Waals surface area contributed by atoms with E-state index in [1.165, 1.54) is 0 Å². The Labute approximate surface area is 95.1 Å². The monoisotopic (exact) mass is 216 g/mol. The van der Waals surface area contributed by atoms with Crippen LogP contribution in [0.1, 0.15) is 35.6 Å². The van der Waals surface area contributed by atoms with E-state index in [1.54, 1.807) is 0 Å². The quantitative estimate of drug-likeness (QED) is 0.739. The zero-order chi connectivity index (χ0) is 11.7. The molecule has 0 N–H and O–H groups in total. The third kappa shape index (κ3) is 1.85. The zero-order valence-electron chi connectivity index (χ0n) is 9.90. The molecule has 3 nitrogen and oxygen atoms in total. The number of hydrogen-bond donors (Lipinski definition) is 0. The van der Waals surface area contributed by atoms with Crippen LogP contribution in [-0.4, -0.2) is 15.7 Å². The van der Waals surface area contributed by atoms with E-state index in [1.807, 2.05) is 29.7 Å². The van der Waals surface area contributed by atoms with Crippen molar-refractivity contribution in [3.05, 3.63) is 35.3 Å². The number of carbonyl (C=O) groups excluding carboxylic acids is 1. The highest BCUT2D eigenvalue weighted by Gasteiger charge is 2.12.